The second-order valence-corrected chi connectivity index (χ2v) is 14.8. The summed E-state index contributed by atoms with van der Waals surface area (Å²) in [6.07, 6.45) is 48.6. The van der Waals surface area contributed by atoms with Crippen LogP contribution in [-0.2, 0) is 14.3 Å². The van der Waals surface area contributed by atoms with Gasteiger partial charge >= 0.3 is 5.97 Å². The quantitative estimate of drug-likeness (QED) is 0.0253. The molecule has 0 aromatic carbocycles. The molecule has 1 amide bonds. The van der Waals surface area contributed by atoms with Crippen molar-refractivity contribution in [1.82, 2.24) is 5.32 Å². The highest BCUT2D eigenvalue weighted by atomic mass is 16.5. The summed E-state index contributed by atoms with van der Waals surface area (Å²) in [6.45, 7) is 6.23. The van der Waals surface area contributed by atoms with Crippen molar-refractivity contribution in [3.63, 3.8) is 0 Å². The molecule has 0 spiro atoms. The molecule has 0 aromatic heterocycles. The maximum Gasteiger partial charge on any atom is 0.306 e. The normalized spacial score (nSPS) is 14.0. The fraction of sp³-hybridized carbons (Fsp3) is 0.745. The molecule has 0 radical (unpaired) electrons. The van der Waals surface area contributed by atoms with Gasteiger partial charge in [0.25, 0.3) is 0 Å². The second-order valence-electron chi connectivity index (χ2n) is 14.8. The highest BCUT2D eigenvalue weighted by molar-refractivity contribution is 5.77. The Morgan fingerprint density at radius 1 is 0.566 bits per heavy atom. The number of nitrogens with one attached hydrogen (secondary N) is 1. The van der Waals surface area contributed by atoms with Gasteiger partial charge < -0.3 is 20.3 Å². The molecule has 0 bridgehead atoms. The van der Waals surface area contributed by atoms with Crippen LogP contribution < -0.4 is 5.32 Å². The van der Waals surface area contributed by atoms with E-state index in [4.69, 9.17) is 4.74 Å². The Balaban J connectivity index is 4.66. The lowest BCUT2D eigenvalue weighted by molar-refractivity contribution is -0.151. The second kappa shape index (κ2) is 40.7. The average molecular weight is 742 g/mol. The summed E-state index contributed by atoms with van der Waals surface area (Å²) >= 11 is 0. The Kier molecular flexibility index (Phi) is 38.9. The summed E-state index contributed by atoms with van der Waals surface area (Å²) < 4.78 is 5.84. The number of hydrogen-bond acceptors (Lipinski definition) is 5. The van der Waals surface area contributed by atoms with E-state index in [1.54, 1.807) is 0 Å². The maximum atomic E-state index is 13.1. The van der Waals surface area contributed by atoms with Crippen molar-refractivity contribution < 1.29 is 24.5 Å². The molecule has 3 N–H and O–H groups in total. The van der Waals surface area contributed by atoms with Crippen LogP contribution in [0.15, 0.2) is 60.8 Å². The van der Waals surface area contributed by atoms with Gasteiger partial charge in [-0.2, -0.15) is 0 Å². The van der Waals surface area contributed by atoms with E-state index in [9.17, 15) is 19.8 Å². The zero-order valence-corrected chi connectivity index (χ0v) is 34.6. The molecule has 53 heavy (non-hydrogen) atoms. The zero-order valence-electron chi connectivity index (χ0n) is 34.6. The van der Waals surface area contributed by atoms with Gasteiger partial charge in [-0.25, -0.2) is 0 Å². The third-order valence-electron chi connectivity index (χ3n) is 9.66. The Hall–Kier alpha value is -2.44. The van der Waals surface area contributed by atoms with E-state index in [1.807, 2.05) is 36.5 Å². The van der Waals surface area contributed by atoms with Gasteiger partial charge in [-0.1, -0.05) is 191 Å². The number of carbonyl (C=O) groups excluding carboxylic acids is 2. The Morgan fingerprint density at radius 3 is 1.70 bits per heavy atom. The molecular formula is C47H83NO5. The van der Waals surface area contributed by atoms with Crippen molar-refractivity contribution in [2.75, 3.05) is 6.61 Å². The van der Waals surface area contributed by atoms with Crippen molar-refractivity contribution in [2.45, 2.75) is 219 Å². The molecule has 0 saturated carbocycles. The first-order valence-corrected chi connectivity index (χ1v) is 22.1. The van der Waals surface area contributed by atoms with Gasteiger partial charge in [0.1, 0.15) is 6.10 Å². The van der Waals surface area contributed by atoms with Crippen LogP contribution in [0.3, 0.4) is 0 Å². The van der Waals surface area contributed by atoms with Crippen LogP contribution in [-0.4, -0.2) is 46.9 Å². The molecule has 306 valence electrons. The summed E-state index contributed by atoms with van der Waals surface area (Å²) in [4.78, 5) is 25.9. The van der Waals surface area contributed by atoms with Crippen LogP contribution >= 0.6 is 0 Å². The molecule has 0 aliphatic heterocycles. The highest BCUT2D eigenvalue weighted by Gasteiger charge is 2.24. The van der Waals surface area contributed by atoms with E-state index >= 15 is 0 Å². The molecule has 0 aromatic rings. The minimum atomic E-state index is -0.805. The van der Waals surface area contributed by atoms with Crippen LogP contribution in [0.2, 0.25) is 0 Å². The molecule has 0 aliphatic carbocycles. The first-order valence-electron chi connectivity index (χ1n) is 22.1. The Labute approximate surface area is 327 Å². The highest BCUT2D eigenvalue weighted by Crippen LogP contribution is 2.16. The smallest absolute Gasteiger partial charge is 0.306 e. The monoisotopic (exact) mass is 742 g/mol. The molecule has 0 heterocycles. The third kappa shape index (κ3) is 36.3. The largest absolute Gasteiger partial charge is 0.462 e. The van der Waals surface area contributed by atoms with Crippen LogP contribution in [0.4, 0.5) is 0 Å². The Bertz CT molecular complexity index is 968. The minimum Gasteiger partial charge on any atom is -0.462 e. The summed E-state index contributed by atoms with van der Waals surface area (Å²) in [7, 11) is 0. The molecule has 3 atom stereocenters. The molecule has 0 rings (SSSR count). The molecular weight excluding hydrogens is 659 g/mol. The topological polar surface area (TPSA) is 95.9 Å². The number of ether oxygens (including phenoxy) is 1. The molecule has 3 unspecified atom stereocenters. The predicted octanol–water partition coefficient (Wildman–Crippen LogP) is 12.5. The Morgan fingerprint density at radius 2 is 1.09 bits per heavy atom. The van der Waals surface area contributed by atoms with Crippen LogP contribution in [0.1, 0.15) is 201 Å². The first kappa shape index (κ1) is 50.6. The number of aliphatic hydroxyl groups excluding tert-OH is 2. The van der Waals surface area contributed by atoms with Gasteiger partial charge in [0, 0.05) is 6.42 Å². The van der Waals surface area contributed by atoms with Crippen molar-refractivity contribution in [2.24, 2.45) is 0 Å². The standard InChI is InChI=1S/C47H83NO5/c1-4-7-10-13-16-19-22-23-25-27-30-33-36-39-45(50)44(42-49)48-46(51)41-43(38-35-32-29-26-24-20-17-14-11-8-5-2)53-47(52)40-37-34-31-28-21-18-15-12-9-6-3/h8,11-12,14-15,17,20,24,26,29,43-45,49-50H,4-7,9-10,13,16,18-19,21-23,25,27-28,30-42H2,1-3H3,(H,48,51)/b11-8+,15-12-,17-14+,24-20-,29-26-. The number of carbonyl (C=O) groups is 2. The number of unbranched alkanes of at least 4 members (excludes halogenated alkanes) is 19. The van der Waals surface area contributed by atoms with Crippen LogP contribution in [0.5, 0.6) is 0 Å². The SMILES string of the molecule is CC/C=C/C=C/C=C\C=C/CCCC(CC(=O)NC(CO)C(O)CCCCCCCCCCCCCCC)OC(=O)CCCCCCC/C=C\CCC. The van der Waals surface area contributed by atoms with Gasteiger partial charge in [0.15, 0.2) is 0 Å². The van der Waals surface area contributed by atoms with E-state index in [0.29, 0.717) is 19.3 Å². The van der Waals surface area contributed by atoms with E-state index in [1.165, 1.54) is 83.5 Å². The van der Waals surface area contributed by atoms with E-state index in [2.05, 4.69) is 50.4 Å². The first-order chi connectivity index (χ1) is 26.0. The molecule has 0 aliphatic rings. The predicted molar refractivity (Wildman–Crippen MR) is 227 cm³/mol. The van der Waals surface area contributed by atoms with E-state index in [-0.39, 0.29) is 24.9 Å². The van der Waals surface area contributed by atoms with Crippen LogP contribution in [0, 0.1) is 0 Å². The fourth-order valence-corrected chi connectivity index (χ4v) is 6.33. The maximum absolute atomic E-state index is 13.1. The van der Waals surface area contributed by atoms with Gasteiger partial charge in [-0.05, 0) is 57.8 Å². The molecule has 0 fully saturated rings. The third-order valence-corrected chi connectivity index (χ3v) is 9.66. The lowest BCUT2D eigenvalue weighted by Gasteiger charge is -2.24. The van der Waals surface area contributed by atoms with Gasteiger partial charge in [-0.15, -0.1) is 0 Å². The van der Waals surface area contributed by atoms with E-state index < -0.39 is 18.2 Å². The lowest BCUT2D eigenvalue weighted by Crippen LogP contribution is -2.46. The van der Waals surface area contributed by atoms with Crippen molar-refractivity contribution >= 4 is 11.9 Å². The van der Waals surface area contributed by atoms with Gasteiger partial charge in [0.05, 0.1) is 25.2 Å². The lowest BCUT2D eigenvalue weighted by atomic mass is 10.0. The zero-order chi connectivity index (χ0) is 38.9. The number of aliphatic hydroxyl groups is 2. The summed E-state index contributed by atoms with van der Waals surface area (Å²) in [5.41, 5.74) is 0. The molecule has 6 heteroatoms. The number of allylic oxidation sites excluding steroid dienone is 10. The summed E-state index contributed by atoms with van der Waals surface area (Å²) in [5, 5.41) is 23.6. The molecule has 6 nitrogen and oxygen atoms in total. The summed E-state index contributed by atoms with van der Waals surface area (Å²) in [6, 6.07) is -0.723. The average Bonchev–Trinajstić information content (AvgIpc) is 3.15. The van der Waals surface area contributed by atoms with Crippen molar-refractivity contribution in [3.8, 4) is 0 Å². The fourth-order valence-electron chi connectivity index (χ4n) is 6.33. The van der Waals surface area contributed by atoms with Crippen LogP contribution in [0.25, 0.3) is 0 Å². The van der Waals surface area contributed by atoms with Crippen molar-refractivity contribution in [3.05, 3.63) is 60.8 Å². The number of esters is 1. The number of rotatable bonds is 38. The van der Waals surface area contributed by atoms with Crippen molar-refractivity contribution in [1.29, 1.82) is 0 Å². The minimum absolute atomic E-state index is 0.0267. The van der Waals surface area contributed by atoms with Gasteiger partial charge in [-0.3, -0.25) is 9.59 Å². The number of amides is 1. The summed E-state index contributed by atoms with van der Waals surface area (Å²) in [5.74, 6) is -0.560. The number of hydrogen-bond donors (Lipinski definition) is 3. The van der Waals surface area contributed by atoms with Gasteiger partial charge in [0.2, 0.25) is 5.91 Å². The van der Waals surface area contributed by atoms with E-state index in [0.717, 1.165) is 70.6 Å². The molecule has 0 saturated heterocycles.